The Kier molecular flexibility index (Phi) is 5.15. The molecular formula is C16H17BrFNO. The van der Waals surface area contributed by atoms with E-state index in [0.717, 1.165) is 27.8 Å². The molecule has 0 bridgehead atoms. The molecule has 20 heavy (non-hydrogen) atoms. The second-order valence-corrected chi connectivity index (χ2v) is 5.76. The maximum absolute atomic E-state index is 12.8. The Morgan fingerprint density at radius 3 is 2.55 bits per heavy atom. The molecule has 2 aromatic rings. The van der Waals surface area contributed by atoms with Crippen LogP contribution in [0, 0.1) is 5.82 Å². The lowest BCUT2D eigenvalue weighted by atomic mass is 10.1. The second-order valence-electron chi connectivity index (χ2n) is 4.85. The average molecular weight is 338 g/mol. The third-order valence-corrected chi connectivity index (χ3v) is 3.37. The van der Waals surface area contributed by atoms with Gasteiger partial charge < -0.3 is 10.5 Å². The van der Waals surface area contributed by atoms with Crippen molar-refractivity contribution in [3.8, 4) is 5.75 Å². The van der Waals surface area contributed by atoms with E-state index >= 15 is 0 Å². The Balaban J connectivity index is 2.10. The van der Waals surface area contributed by atoms with Gasteiger partial charge >= 0.3 is 0 Å². The molecule has 0 saturated carbocycles. The highest BCUT2D eigenvalue weighted by Gasteiger charge is 2.07. The summed E-state index contributed by atoms with van der Waals surface area (Å²) in [6.45, 7) is 2.37. The van der Waals surface area contributed by atoms with Gasteiger partial charge in [0.25, 0.3) is 0 Å². The van der Waals surface area contributed by atoms with Crippen molar-refractivity contribution in [1.29, 1.82) is 0 Å². The van der Waals surface area contributed by atoms with E-state index in [-0.39, 0.29) is 11.9 Å². The van der Waals surface area contributed by atoms with Crippen molar-refractivity contribution in [1.82, 2.24) is 0 Å². The molecule has 2 N–H and O–H groups in total. The molecule has 0 saturated heterocycles. The first-order valence-electron chi connectivity index (χ1n) is 6.46. The Hall–Kier alpha value is -1.39. The molecule has 0 aromatic heterocycles. The Labute approximate surface area is 126 Å². The van der Waals surface area contributed by atoms with Crippen LogP contribution in [0.25, 0.3) is 0 Å². The molecule has 0 aliphatic rings. The summed E-state index contributed by atoms with van der Waals surface area (Å²) in [6, 6.07) is 12.3. The highest BCUT2D eigenvalue weighted by atomic mass is 79.9. The van der Waals surface area contributed by atoms with Gasteiger partial charge in [0.2, 0.25) is 0 Å². The van der Waals surface area contributed by atoms with E-state index in [1.165, 1.54) is 12.1 Å². The Morgan fingerprint density at radius 2 is 1.90 bits per heavy atom. The minimum absolute atomic E-state index is 0.0671. The molecule has 0 heterocycles. The Morgan fingerprint density at radius 1 is 1.20 bits per heavy atom. The van der Waals surface area contributed by atoms with Crippen LogP contribution in [0.4, 0.5) is 4.39 Å². The lowest BCUT2D eigenvalue weighted by Crippen LogP contribution is -2.18. The van der Waals surface area contributed by atoms with Crippen molar-refractivity contribution in [2.75, 3.05) is 0 Å². The summed E-state index contributed by atoms with van der Waals surface area (Å²) in [5.74, 6) is 0.574. The number of nitrogens with two attached hydrogens (primary N) is 1. The van der Waals surface area contributed by atoms with Crippen LogP contribution in [0.2, 0.25) is 0 Å². The molecule has 0 spiro atoms. The van der Waals surface area contributed by atoms with E-state index < -0.39 is 0 Å². The normalized spacial score (nSPS) is 12.2. The quantitative estimate of drug-likeness (QED) is 0.892. The van der Waals surface area contributed by atoms with E-state index in [1.54, 1.807) is 12.1 Å². The summed E-state index contributed by atoms with van der Waals surface area (Å²) in [4.78, 5) is 0. The summed E-state index contributed by atoms with van der Waals surface area (Å²) >= 11 is 3.45. The van der Waals surface area contributed by atoms with Crippen LogP contribution in [0.1, 0.15) is 18.1 Å². The van der Waals surface area contributed by atoms with E-state index in [9.17, 15) is 4.39 Å². The molecular weight excluding hydrogens is 321 g/mol. The number of hydrogen-bond acceptors (Lipinski definition) is 2. The summed E-state index contributed by atoms with van der Waals surface area (Å²) in [6.07, 6.45) is 0.748. The van der Waals surface area contributed by atoms with Crippen LogP contribution in [0.5, 0.6) is 5.75 Å². The smallest absolute Gasteiger partial charge is 0.123 e. The summed E-state index contributed by atoms with van der Waals surface area (Å²) in [5.41, 5.74) is 7.85. The highest BCUT2D eigenvalue weighted by molar-refractivity contribution is 9.10. The number of ether oxygens (including phenoxy) is 1. The summed E-state index contributed by atoms with van der Waals surface area (Å²) < 4.78 is 19.7. The van der Waals surface area contributed by atoms with Crippen molar-refractivity contribution >= 4 is 15.9 Å². The van der Waals surface area contributed by atoms with Gasteiger partial charge in [-0.3, -0.25) is 0 Å². The molecule has 1 unspecified atom stereocenters. The molecule has 106 valence electrons. The predicted molar refractivity (Wildman–Crippen MR) is 82.2 cm³/mol. The molecule has 1 atom stereocenters. The second kappa shape index (κ2) is 6.86. The molecule has 0 aliphatic carbocycles. The third kappa shape index (κ3) is 4.32. The molecule has 2 nitrogen and oxygen atoms in total. The van der Waals surface area contributed by atoms with E-state index in [1.807, 2.05) is 25.1 Å². The topological polar surface area (TPSA) is 35.2 Å². The number of hydrogen-bond donors (Lipinski definition) is 1. The van der Waals surface area contributed by atoms with Gasteiger partial charge in [-0.2, -0.15) is 0 Å². The lowest BCUT2D eigenvalue weighted by molar-refractivity contribution is 0.302. The van der Waals surface area contributed by atoms with Gasteiger partial charge in [0.15, 0.2) is 0 Å². The first kappa shape index (κ1) is 15.0. The van der Waals surface area contributed by atoms with Crippen molar-refractivity contribution < 1.29 is 9.13 Å². The lowest BCUT2D eigenvalue weighted by Gasteiger charge is -2.13. The Bertz CT molecular complexity index is 569. The van der Waals surface area contributed by atoms with E-state index in [2.05, 4.69) is 15.9 Å². The number of benzene rings is 2. The zero-order valence-corrected chi connectivity index (χ0v) is 12.9. The highest BCUT2D eigenvalue weighted by Crippen LogP contribution is 2.25. The standard InChI is InChI=1S/C16H17BrFNO/c1-11(19)8-13-9-14(17)4-7-16(13)20-10-12-2-5-15(18)6-3-12/h2-7,9,11H,8,10,19H2,1H3. The maximum Gasteiger partial charge on any atom is 0.123 e. The molecule has 2 rings (SSSR count). The third-order valence-electron chi connectivity index (χ3n) is 2.87. The minimum Gasteiger partial charge on any atom is -0.489 e. The van der Waals surface area contributed by atoms with Crippen LogP contribution in [-0.4, -0.2) is 6.04 Å². The zero-order chi connectivity index (χ0) is 14.5. The number of halogens is 2. The molecule has 2 aromatic carbocycles. The van der Waals surface area contributed by atoms with Crippen molar-refractivity contribution in [2.24, 2.45) is 5.73 Å². The molecule has 4 heteroatoms. The summed E-state index contributed by atoms with van der Waals surface area (Å²) in [7, 11) is 0. The maximum atomic E-state index is 12.8. The fourth-order valence-electron chi connectivity index (χ4n) is 1.94. The number of rotatable bonds is 5. The summed E-state index contributed by atoms with van der Waals surface area (Å²) in [5, 5.41) is 0. The van der Waals surface area contributed by atoms with Crippen LogP contribution in [0.3, 0.4) is 0 Å². The predicted octanol–water partition coefficient (Wildman–Crippen LogP) is 4.06. The molecule has 0 amide bonds. The van der Waals surface area contributed by atoms with Gasteiger partial charge in [-0.25, -0.2) is 4.39 Å². The van der Waals surface area contributed by atoms with Crippen LogP contribution < -0.4 is 10.5 Å². The molecule has 0 radical (unpaired) electrons. The van der Waals surface area contributed by atoms with Crippen molar-refractivity contribution in [3.63, 3.8) is 0 Å². The van der Waals surface area contributed by atoms with Gasteiger partial charge in [-0.1, -0.05) is 28.1 Å². The van der Waals surface area contributed by atoms with Gasteiger partial charge in [-0.05, 0) is 54.8 Å². The van der Waals surface area contributed by atoms with Crippen LogP contribution in [-0.2, 0) is 13.0 Å². The van der Waals surface area contributed by atoms with Crippen LogP contribution in [0.15, 0.2) is 46.9 Å². The van der Waals surface area contributed by atoms with Crippen molar-refractivity contribution in [2.45, 2.75) is 26.0 Å². The van der Waals surface area contributed by atoms with Crippen molar-refractivity contribution in [3.05, 3.63) is 63.9 Å². The van der Waals surface area contributed by atoms with Gasteiger partial charge in [0, 0.05) is 10.5 Å². The van der Waals surface area contributed by atoms with E-state index in [4.69, 9.17) is 10.5 Å². The molecule has 0 aliphatic heterocycles. The van der Waals surface area contributed by atoms with E-state index in [0.29, 0.717) is 6.61 Å². The molecule has 0 fully saturated rings. The average Bonchev–Trinajstić information content (AvgIpc) is 2.39. The fourth-order valence-corrected chi connectivity index (χ4v) is 2.35. The minimum atomic E-state index is -0.241. The van der Waals surface area contributed by atoms with Gasteiger partial charge in [0.1, 0.15) is 18.2 Å². The van der Waals surface area contributed by atoms with Gasteiger partial charge in [0.05, 0.1) is 0 Å². The monoisotopic (exact) mass is 337 g/mol. The zero-order valence-electron chi connectivity index (χ0n) is 11.3. The fraction of sp³-hybridized carbons (Fsp3) is 0.250. The van der Waals surface area contributed by atoms with Crippen LogP contribution >= 0.6 is 15.9 Å². The van der Waals surface area contributed by atoms with Gasteiger partial charge in [-0.15, -0.1) is 0 Å². The first-order valence-corrected chi connectivity index (χ1v) is 7.25. The largest absolute Gasteiger partial charge is 0.489 e. The first-order chi connectivity index (χ1) is 9.54. The SMILES string of the molecule is CC(N)Cc1cc(Br)ccc1OCc1ccc(F)cc1.